The number of amides is 1. The van der Waals surface area contributed by atoms with Crippen LogP contribution in [0.1, 0.15) is 60.3 Å². The highest BCUT2D eigenvalue weighted by Crippen LogP contribution is 2.34. The average Bonchev–Trinajstić information content (AvgIpc) is 3.23. The number of carbonyl (C=O) groups is 1. The van der Waals surface area contributed by atoms with Crippen molar-refractivity contribution in [1.82, 2.24) is 15.3 Å². The molecular weight excluding hydrogens is 421 g/mol. The van der Waals surface area contributed by atoms with E-state index in [1.807, 2.05) is 0 Å². The van der Waals surface area contributed by atoms with Crippen LogP contribution in [0.5, 0.6) is 11.6 Å². The summed E-state index contributed by atoms with van der Waals surface area (Å²) < 4.78 is 42.4. The minimum absolute atomic E-state index is 0.0388. The fourth-order valence-electron chi connectivity index (χ4n) is 3.34. The molecule has 1 heterocycles. The Bertz CT molecular complexity index is 1100. The zero-order chi connectivity index (χ0) is 22.6. The average molecular weight is 448 g/mol. The second kappa shape index (κ2) is 9.55. The van der Waals surface area contributed by atoms with E-state index in [2.05, 4.69) is 15.3 Å². The lowest BCUT2D eigenvalue weighted by atomic mass is 10.1. The predicted octanol–water partition coefficient (Wildman–Crippen LogP) is 4.05. The SMILES string of the molecule is Cc1ccc(Oc2nc(C3CCCC3)ncc2C(=O)N[C@@H](C)/C=C/S(C)(=O)=O)cc1F. The Labute approximate surface area is 181 Å². The van der Waals surface area contributed by atoms with Gasteiger partial charge >= 0.3 is 0 Å². The number of benzene rings is 1. The fraction of sp³-hybridized carbons (Fsp3) is 0.409. The minimum Gasteiger partial charge on any atom is -0.438 e. The van der Waals surface area contributed by atoms with E-state index in [1.54, 1.807) is 26.0 Å². The summed E-state index contributed by atoms with van der Waals surface area (Å²) in [4.78, 5) is 21.7. The largest absolute Gasteiger partial charge is 0.438 e. The van der Waals surface area contributed by atoms with E-state index >= 15 is 0 Å². The highest BCUT2D eigenvalue weighted by atomic mass is 32.2. The van der Waals surface area contributed by atoms with Gasteiger partial charge in [0.2, 0.25) is 5.88 Å². The van der Waals surface area contributed by atoms with Gasteiger partial charge in [-0.05, 0) is 38.3 Å². The number of halogens is 1. The number of hydrogen-bond acceptors (Lipinski definition) is 6. The first-order chi connectivity index (χ1) is 14.6. The number of ether oxygens (including phenoxy) is 1. The third-order valence-electron chi connectivity index (χ3n) is 5.07. The van der Waals surface area contributed by atoms with Gasteiger partial charge in [-0.1, -0.05) is 25.0 Å². The molecule has 0 aliphatic heterocycles. The summed E-state index contributed by atoms with van der Waals surface area (Å²) in [6, 6.07) is 3.88. The number of aromatic nitrogens is 2. The first kappa shape index (κ1) is 22.9. The van der Waals surface area contributed by atoms with Crippen molar-refractivity contribution in [2.45, 2.75) is 51.5 Å². The molecule has 0 bridgehead atoms. The zero-order valence-electron chi connectivity index (χ0n) is 17.8. The van der Waals surface area contributed by atoms with E-state index in [9.17, 15) is 17.6 Å². The van der Waals surface area contributed by atoms with Gasteiger partial charge in [0.25, 0.3) is 5.91 Å². The van der Waals surface area contributed by atoms with Crippen molar-refractivity contribution >= 4 is 15.7 Å². The van der Waals surface area contributed by atoms with Gasteiger partial charge in [0.05, 0.1) is 0 Å². The van der Waals surface area contributed by atoms with Crippen molar-refractivity contribution < 1.29 is 22.3 Å². The molecule has 7 nitrogen and oxygen atoms in total. The third-order valence-corrected chi connectivity index (χ3v) is 5.72. The van der Waals surface area contributed by atoms with E-state index in [0.717, 1.165) is 37.3 Å². The molecule has 1 aromatic heterocycles. The van der Waals surface area contributed by atoms with Crippen LogP contribution in [0, 0.1) is 12.7 Å². The van der Waals surface area contributed by atoms with Crippen LogP contribution in [0.15, 0.2) is 35.9 Å². The number of aryl methyl sites for hydroxylation is 1. The lowest BCUT2D eigenvalue weighted by Gasteiger charge is -2.15. The van der Waals surface area contributed by atoms with Gasteiger partial charge in [0.1, 0.15) is 23.0 Å². The van der Waals surface area contributed by atoms with Crippen LogP contribution in [-0.4, -0.2) is 36.6 Å². The summed E-state index contributed by atoms with van der Waals surface area (Å²) >= 11 is 0. The standard InChI is InChI=1S/C22H26FN3O4S/c1-14-8-9-17(12-19(14)23)30-22-18(13-24-20(26-22)16-6-4-5-7-16)21(27)25-15(2)10-11-31(3,28)29/h8-13,15-16H,4-7H2,1-3H3,(H,25,27)/b11-10+/t15-/m0/s1. The molecule has 166 valence electrons. The van der Waals surface area contributed by atoms with E-state index < -0.39 is 27.6 Å². The Morgan fingerprint density at radius 3 is 2.68 bits per heavy atom. The molecule has 1 aliphatic rings. The lowest BCUT2D eigenvalue weighted by molar-refractivity contribution is 0.0943. The molecule has 3 rings (SSSR count). The maximum Gasteiger partial charge on any atom is 0.258 e. The molecule has 2 aromatic rings. The van der Waals surface area contributed by atoms with Crippen molar-refractivity contribution in [3.05, 3.63) is 58.6 Å². The molecule has 1 amide bonds. The Hall–Kier alpha value is -2.81. The van der Waals surface area contributed by atoms with Gasteiger partial charge < -0.3 is 10.1 Å². The van der Waals surface area contributed by atoms with Gasteiger partial charge in [-0.3, -0.25) is 4.79 Å². The topological polar surface area (TPSA) is 98.2 Å². The van der Waals surface area contributed by atoms with Gasteiger partial charge in [0.15, 0.2) is 9.84 Å². The molecule has 1 N–H and O–H groups in total. The van der Waals surface area contributed by atoms with E-state index in [1.165, 1.54) is 18.3 Å². The Morgan fingerprint density at radius 1 is 1.32 bits per heavy atom. The Morgan fingerprint density at radius 2 is 2.03 bits per heavy atom. The quantitative estimate of drug-likeness (QED) is 0.688. The summed E-state index contributed by atoms with van der Waals surface area (Å²) in [5.41, 5.74) is 0.563. The first-order valence-electron chi connectivity index (χ1n) is 10.1. The summed E-state index contributed by atoms with van der Waals surface area (Å²) in [6.07, 6.45) is 7.98. The predicted molar refractivity (Wildman–Crippen MR) is 115 cm³/mol. The number of rotatable bonds is 7. The maximum absolute atomic E-state index is 14.0. The number of nitrogens with zero attached hydrogens (tertiary/aromatic N) is 2. The first-order valence-corrected chi connectivity index (χ1v) is 12.1. The van der Waals surface area contributed by atoms with Crippen molar-refractivity contribution in [2.75, 3.05) is 6.26 Å². The lowest BCUT2D eigenvalue weighted by Crippen LogP contribution is -2.31. The van der Waals surface area contributed by atoms with Crippen molar-refractivity contribution in [1.29, 1.82) is 0 Å². The molecule has 1 atom stereocenters. The maximum atomic E-state index is 14.0. The smallest absolute Gasteiger partial charge is 0.258 e. The molecule has 1 aromatic carbocycles. The molecule has 1 fully saturated rings. The molecule has 1 aliphatic carbocycles. The molecule has 0 unspecified atom stereocenters. The highest BCUT2D eigenvalue weighted by molar-refractivity contribution is 7.93. The Balaban J connectivity index is 1.89. The minimum atomic E-state index is -3.31. The number of carbonyl (C=O) groups excluding carboxylic acids is 1. The summed E-state index contributed by atoms with van der Waals surface area (Å²) in [5.74, 6) is 0.113. The molecule has 0 spiro atoms. The van der Waals surface area contributed by atoms with Crippen molar-refractivity contribution in [3.63, 3.8) is 0 Å². The van der Waals surface area contributed by atoms with E-state index in [4.69, 9.17) is 4.74 Å². The number of sulfone groups is 1. The van der Waals surface area contributed by atoms with Crippen LogP contribution in [0.3, 0.4) is 0 Å². The molecule has 9 heteroatoms. The van der Waals surface area contributed by atoms with Gasteiger partial charge in [-0.15, -0.1) is 0 Å². The van der Waals surface area contributed by atoms with E-state index in [0.29, 0.717) is 11.4 Å². The molecule has 1 saturated carbocycles. The van der Waals surface area contributed by atoms with Crippen molar-refractivity contribution in [2.24, 2.45) is 0 Å². The molecule has 0 saturated heterocycles. The van der Waals surface area contributed by atoms with Gasteiger partial charge in [-0.2, -0.15) is 4.98 Å². The molecular formula is C22H26FN3O4S. The number of nitrogens with one attached hydrogen (secondary N) is 1. The fourth-order valence-corrected chi connectivity index (χ4v) is 3.86. The van der Waals surface area contributed by atoms with Crippen molar-refractivity contribution in [3.8, 4) is 11.6 Å². The van der Waals surface area contributed by atoms with Gasteiger partial charge in [0, 0.05) is 35.9 Å². The summed E-state index contributed by atoms with van der Waals surface area (Å²) in [5, 5.41) is 3.71. The molecule has 0 radical (unpaired) electrons. The second-order valence-corrected chi connectivity index (χ2v) is 9.79. The zero-order valence-corrected chi connectivity index (χ0v) is 18.6. The monoisotopic (exact) mass is 447 g/mol. The van der Waals surface area contributed by atoms with Crippen LogP contribution in [-0.2, 0) is 9.84 Å². The second-order valence-electron chi connectivity index (χ2n) is 7.86. The Kier molecular flexibility index (Phi) is 7.04. The van der Waals surface area contributed by atoms with Crippen LogP contribution < -0.4 is 10.1 Å². The third kappa shape index (κ3) is 6.33. The number of hydrogen-bond donors (Lipinski definition) is 1. The summed E-state index contributed by atoms with van der Waals surface area (Å²) in [6.45, 7) is 3.29. The van der Waals surface area contributed by atoms with Crippen LogP contribution in [0.4, 0.5) is 4.39 Å². The van der Waals surface area contributed by atoms with Crippen LogP contribution in [0.2, 0.25) is 0 Å². The van der Waals surface area contributed by atoms with Gasteiger partial charge in [-0.25, -0.2) is 17.8 Å². The van der Waals surface area contributed by atoms with E-state index in [-0.39, 0.29) is 23.1 Å². The normalized spacial score (nSPS) is 15.9. The van der Waals surface area contributed by atoms with Crippen LogP contribution >= 0.6 is 0 Å². The highest BCUT2D eigenvalue weighted by Gasteiger charge is 2.24. The van der Waals surface area contributed by atoms with Crippen LogP contribution in [0.25, 0.3) is 0 Å². The molecule has 31 heavy (non-hydrogen) atoms. The summed E-state index contributed by atoms with van der Waals surface area (Å²) in [7, 11) is -3.31.